The zero-order valence-corrected chi connectivity index (χ0v) is 15.9. The van der Waals surface area contributed by atoms with Crippen molar-refractivity contribution in [3.63, 3.8) is 0 Å². The number of carbonyl (C=O) groups is 1. The van der Waals surface area contributed by atoms with Gasteiger partial charge in [-0.3, -0.25) is 0 Å². The number of benzene rings is 1. The molecule has 2 aromatic heterocycles. The van der Waals surface area contributed by atoms with Gasteiger partial charge in [-0.05, 0) is 43.3 Å². The van der Waals surface area contributed by atoms with E-state index in [9.17, 15) is 4.79 Å². The van der Waals surface area contributed by atoms with Crippen LogP contribution in [0, 0.1) is 13.8 Å². The van der Waals surface area contributed by atoms with Crippen LogP contribution in [0.15, 0.2) is 46.9 Å². The van der Waals surface area contributed by atoms with Crippen molar-refractivity contribution in [2.24, 2.45) is 0 Å². The van der Waals surface area contributed by atoms with Crippen molar-refractivity contribution in [3.8, 4) is 11.5 Å². The van der Waals surface area contributed by atoms with Gasteiger partial charge in [-0.2, -0.15) is 0 Å². The first kappa shape index (κ1) is 18.0. The molecule has 0 atom stereocenters. The number of amides is 2. The molecule has 1 fully saturated rings. The summed E-state index contributed by atoms with van der Waals surface area (Å²) in [6.07, 6.45) is 0. The van der Waals surface area contributed by atoms with E-state index in [1.54, 1.807) is 6.92 Å². The monoisotopic (exact) mass is 378 g/mol. The van der Waals surface area contributed by atoms with Crippen LogP contribution < -0.4 is 10.2 Å². The van der Waals surface area contributed by atoms with E-state index in [4.69, 9.17) is 4.42 Å². The second-order valence-corrected chi connectivity index (χ2v) is 6.74. The van der Waals surface area contributed by atoms with Crippen molar-refractivity contribution in [1.82, 2.24) is 20.1 Å². The maximum atomic E-state index is 12.6. The van der Waals surface area contributed by atoms with Gasteiger partial charge in [0.25, 0.3) is 0 Å². The summed E-state index contributed by atoms with van der Waals surface area (Å²) >= 11 is 0. The molecule has 0 aliphatic carbocycles. The predicted octanol–water partition coefficient (Wildman–Crippen LogP) is 3.10. The predicted molar refractivity (Wildman–Crippen MR) is 106 cm³/mol. The first-order valence-electron chi connectivity index (χ1n) is 9.23. The summed E-state index contributed by atoms with van der Waals surface area (Å²) < 4.78 is 5.41. The van der Waals surface area contributed by atoms with Crippen molar-refractivity contribution in [2.45, 2.75) is 13.8 Å². The van der Waals surface area contributed by atoms with Crippen molar-refractivity contribution < 1.29 is 9.21 Å². The highest BCUT2D eigenvalue weighted by Gasteiger charge is 2.22. The summed E-state index contributed by atoms with van der Waals surface area (Å²) in [4.78, 5) is 21.1. The molecule has 4 rings (SSSR count). The van der Waals surface area contributed by atoms with Crippen LogP contribution in [-0.4, -0.2) is 52.3 Å². The van der Waals surface area contributed by atoms with E-state index >= 15 is 0 Å². The van der Waals surface area contributed by atoms with Crippen molar-refractivity contribution in [2.75, 3.05) is 36.4 Å². The molecule has 0 spiro atoms. The molecule has 0 saturated carbocycles. The molecule has 0 unspecified atom stereocenters. The molecular weight excluding hydrogens is 356 g/mol. The molecule has 28 heavy (non-hydrogen) atoms. The number of pyridine rings is 1. The quantitative estimate of drug-likeness (QED) is 0.754. The minimum Gasteiger partial charge on any atom is -0.421 e. The largest absolute Gasteiger partial charge is 0.421 e. The molecule has 8 heteroatoms. The summed E-state index contributed by atoms with van der Waals surface area (Å²) in [6, 6.07) is 13.3. The van der Waals surface area contributed by atoms with Gasteiger partial charge in [0, 0.05) is 50.0 Å². The molecule has 0 radical (unpaired) electrons. The lowest BCUT2D eigenvalue weighted by atomic mass is 10.2. The number of aryl methyl sites for hydroxylation is 2. The third-order valence-electron chi connectivity index (χ3n) is 4.67. The number of piperazine rings is 1. The Bertz CT molecular complexity index is 961. The number of nitrogens with one attached hydrogen (secondary N) is 1. The number of hydrogen-bond donors (Lipinski definition) is 1. The van der Waals surface area contributed by atoms with Crippen LogP contribution in [-0.2, 0) is 0 Å². The van der Waals surface area contributed by atoms with E-state index in [1.807, 2.05) is 54.3 Å². The Balaban J connectivity index is 1.33. The summed E-state index contributed by atoms with van der Waals surface area (Å²) in [7, 11) is 0. The number of anilines is 2. The minimum atomic E-state index is -0.0989. The van der Waals surface area contributed by atoms with Crippen molar-refractivity contribution >= 4 is 17.5 Å². The number of hydrogen-bond acceptors (Lipinski definition) is 6. The van der Waals surface area contributed by atoms with Gasteiger partial charge in [-0.25, -0.2) is 9.78 Å². The van der Waals surface area contributed by atoms with Crippen LogP contribution in [0.5, 0.6) is 0 Å². The molecule has 1 N–H and O–H groups in total. The Morgan fingerprint density at radius 3 is 2.39 bits per heavy atom. The minimum absolute atomic E-state index is 0.0989. The lowest BCUT2D eigenvalue weighted by Crippen LogP contribution is -2.50. The molecule has 0 bridgehead atoms. The zero-order chi connectivity index (χ0) is 19.5. The van der Waals surface area contributed by atoms with Gasteiger partial charge in [0.15, 0.2) is 0 Å². The van der Waals surface area contributed by atoms with E-state index in [2.05, 4.69) is 25.4 Å². The van der Waals surface area contributed by atoms with Crippen molar-refractivity contribution in [1.29, 1.82) is 0 Å². The van der Waals surface area contributed by atoms with E-state index in [-0.39, 0.29) is 6.03 Å². The van der Waals surface area contributed by atoms with E-state index < -0.39 is 0 Å². The molecule has 3 aromatic rings. The Morgan fingerprint density at radius 1 is 1.00 bits per heavy atom. The summed E-state index contributed by atoms with van der Waals surface area (Å²) in [6.45, 7) is 6.57. The first-order chi connectivity index (χ1) is 13.6. The fourth-order valence-electron chi connectivity index (χ4n) is 3.16. The van der Waals surface area contributed by atoms with E-state index in [0.29, 0.717) is 24.9 Å². The Hall–Kier alpha value is -3.42. The van der Waals surface area contributed by atoms with Gasteiger partial charge in [-0.1, -0.05) is 6.07 Å². The lowest BCUT2D eigenvalue weighted by Gasteiger charge is -2.35. The topological polar surface area (TPSA) is 87.4 Å². The third-order valence-corrected chi connectivity index (χ3v) is 4.67. The zero-order valence-electron chi connectivity index (χ0n) is 15.9. The van der Waals surface area contributed by atoms with Crippen LogP contribution in [0.2, 0.25) is 0 Å². The van der Waals surface area contributed by atoms with Gasteiger partial charge in [-0.15, -0.1) is 10.2 Å². The van der Waals surface area contributed by atoms with Crippen molar-refractivity contribution in [3.05, 3.63) is 54.0 Å². The number of rotatable bonds is 3. The fourth-order valence-corrected chi connectivity index (χ4v) is 3.16. The average Bonchev–Trinajstić information content (AvgIpc) is 3.15. The lowest BCUT2D eigenvalue weighted by molar-refractivity contribution is 0.208. The normalized spacial score (nSPS) is 14.2. The first-order valence-corrected chi connectivity index (χ1v) is 9.23. The van der Waals surface area contributed by atoms with Gasteiger partial charge in [0.05, 0.1) is 0 Å². The van der Waals surface area contributed by atoms with Crippen LogP contribution in [0.4, 0.5) is 16.3 Å². The highest BCUT2D eigenvalue weighted by Crippen LogP contribution is 2.20. The van der Waals surface area contributed by atoms with E-state index in [0.717, 1.165) is 35.9 Å². The molecule has 8 nitrogen and oxygen atoms in total. The maximum Gasteiger partial charge on any atom is 0.321 e. The third kappa shape index (κ3) is 3.95. The second kappa shape index (κ2) is 7.67. The van der Waals surface area contributed by atoms with Crippen LogP contribution in [0.1, 0.15) is 11.6 Å². The highest BCUT2D eigenvalue weighted by atomic mass is 16.4. The van der Waals surface area contributed by atoms with Crippen LogP contribution in [0.25, 0.3) is 11.5 Å². The molecule has 144 valence electrons. The number of urea groups is 1. The fraction of sp³-hybridized carbons (Fsp3) is 0.300. The smallest absolute Gasteiger partial charge is 0.321 e. The van der Waals surface area contributed by atoms with E-state index in [1.165, 1.54) is 0 Å². The Labute approximate surface area is 163 Å². The molecule has 3 heterocycles. The number of nitrogens with zero attached hydrogens (tertiary/aromatic N) is 5. The van der Waals surface area contributed by atoms with Gasteiger partial charge >= 0.3 is 6.03 Å². The SMILES string of the molecule is Cc1cccc(N2CCN(C(=O)Nc3ccc(-c4nnc(C)o4)cc3)CC2)n1. The highest BCUT2D eigenvalue weighted by molar-refractivity contribution is 5.89. The van der Waals surface area contributed by atoms with Gasteiger partial charge in [0.1, 0.15) is 5.82 Å². The van der Waals surface area contributed by atoms with Gasteiger partial charge < -0.3 is 19.5 Å². The van der Waals surface area contributed by atoms with Crippen LogP contribution in [0.3, 0.4) is 0 Å². The number of carbonyl (C=O) groups excluding carboxylic acids is 1. The molecular formula is C20H22N6O2. The molecule has 1 aliphatic heterocycles. The molecule has 1 aromatic carbocycles. The summed E-state index contributed by atoms with van der Waals surface area (Å²) in [5.41, 5.74) is 2.54. The maximum absolute atomic E-state index is 12.6. The molecule has 1 saturated heterocycles. The second-order valence-electron chi connectivity index (χ2n) is 6.74. The number of aromatic nitrogens is 3. The Morgan fingerprint density at radius 2 is 1.75 bits per heavy atom. The average molecular weight is 378 g/mol. The molecule has 1 aliphatic rings. The summed E-state index contributed by atoms with van der Waals surface area (Å²) in [5, 5.41) is 10.8. The summed E-state index contributed by atoms with van der Waals surface area (Å²) in [5.74, 6) is 1.95. The standard InChI is InChI=1S/C20H22N6O2/c1-14-4-3-5-18(21-14)25-10-12-26(13-11-25)20(27)22-17-8-6-16(7-9-17)19-24-23-15(2)28-19/h3-9H,10-13H2,1-2H3,(H,22,27). The van der Waals surface area contributed by atoms with Gasteiger partial charge in [0.2, 0.25) is 11.8 Å². The van der Waals surface area contributed by atoms with Crippen LogP contribution >= 0.6 is 0 Å². The Kier molecular flexibility index (Phi) is 4.92. The molecule has 2 amide bonds.